The highest BCUT2D eigenvalue weighted by molar-refractivity contribution is 9.10. The lowest BCUT2D eigenvalue weighted by Gasteiger charge is -2.18. The first-order chi connectivity index (χ1) is 10.0. The number of halogens is 2. The fourth-order valence-corrected chi connectivity index (χ4v) is 2.49. The normalized spacial score (nSPS) is 12.2. The first-order valence-corrected chi connectivity index (χ1v) is 7.78. The van der Waals surface area contributed by atoms with Crippen molar-refractivity contribution in [3.63, 3.8) is 0 Å². The van der Waals surface area contributed by atoms with Gasteiger partial charge in [0.25, 0.3) is 0 Å². The molecule has 4 heteroatoms. The van der Waals surface area contributed by atoms with E-state index in [-0.39, 0.29) is 11.9 Å². The summed E-state index contributed by atoms with van der Waals surface area (Å²) in [6.45, 7) is 6.69. The molecule has 0 aliphatic carbocycles. The fraction of sp³-hybridized carbons (Fsp3) is 0.294. The molecule has 0 fully saturated rings. The fourth-order valence-electron chi connectivity index (χ4n) is 2.24. The third-order valence-corrected chi connectivity index (χ3v) is 4.20. The number of ether oxygens (including phenoxy) is 1. The van der Waals surface area contributed by atoms with Gasteiger partial charge < -0.3 is 10.1 Å². The Morgan fingerprint density at radius 1 is 1.29 bits per heavy atom. The van der Waals surface area contributed by atoms with Crippen molar-refractivity contribution in [1.29, 1.82) is 0 Å². The Morgan fingerprint density at radius 2 is 2.05 bits per heavy atom. The molecule has 0 aromatic heterocycles. The van der Waals surface area contributed by atoms with Crippen LogP contribution < -0.4 is 10.1 Å². The Bertz CT molecular complexity index is 630. The smallest absolute Gasteiger partial charge is 0.135 e. The predicted octanol–water partition coefficient (Wildman–Crippen LogP) is 5.36. The van der Waals surface area contributed by atoms with Crippen LogP contribution in [0.1, 0.15) is 31.0 Å². The van der Waals surface area contributed by atoms with Gasteiger partial charge in [0, 0.05) is 16.1 Å². The first-order valence-electron chi connectivity index (χ1n) is 6.98. The van der Waals surface area contributed by atoms with E-state index in [1.165, 1.54) is 6.07 Å². The van der Waals surface area contributed by atoms with Gasteiger partial charge >= 0.3 is 0 Å². The molecule has 0 saturated heterocycles. The molecule has 0 amide bonds. The van der Waals surface area contributed by atoms with Crippen LogP contribution in [0.15, 0.2) is 40.9 Å². The van der Waals surface area contributed by atoms with Gasteiger partial charge in [-0.2, -0.15) is 0 Å². The van der Waals surface area contributed by atoms with Gasteiger partial charge in [-0.3, -0.25) is 0 Å². The second-order valence-corrected chi connectivity index (χ2v) is 5.80. The molecule has 0 saturated carbocycles. The van der Waals surface area contributed by atoms with Crippen molar-refractivity contribution in [3.05, 3.63) is 57.8 Å². The molecular formula is C17H19BrFNO. The van der Waals surface area contributed by atoms with Crippen LogP contribution in [0.4, 0.5) is 4.39 Å². The van der Waals surface area contributed by atoms with Crippen molar-refractivity contribution < 1.29 is 9.13 Å². The minimum atomic E-state index is -0.255. The van der Waals surface area contributed by atoms with Gasteiger partial charge in [-0.15, -0.1) is 0 Å². The minimum Gasteiger partial charge on any atom is -0.457 e. The Balaban J connectivity index is 2.35. The van der Waals surface area contributed by atoms with E-state index in [2.05, 4.69) is 21.2 Å². The Morgan fingerprint density at radius 3 is 2.71 bits per heavy atom. The summed E-state index contributed by atoms with van der Waals surface area (Å²) in [4.78, 5) is 0. The molecule has 1 atom stereocenters. The van der Waals surface area contributed by atoms with Crippen molar-refractivity contribution in [1.82, 2.24) is 5.32 Å². The number of aryl methyl sites for hydroxylation is 1. The van der Waals surface area contributed by atoms with E-state index in [0.717, 1.165) is 16.6 Å². The molecule has 2 nitrogen and oxygen atoms in total. The van der Waals surface area contributed by atoms with E-state index in [1.807, 2.05) is 39.0 Å². The van der Waals surface area contributed by atoms with Crippen LogP contribution in [0.3, 0.4) is 0 Å². The standard InChI is InChI=1S/C17H19BrFNO/c1-4-20-12(3)17-15(19)6-5-7-16(17)21-13-8-9-14(18)11(2)10-13/h5-10,12,20H,4H2,1-3H3. The average molecular weight is 352 g/mol. The van der Waals surface area contributed by atoms with Crippen molar-refractivity contribution in [2.24, 2.45) is 0 Å². The van der Waals surface area contributed by atoms with Crippen LogP contribution >= 0.6 is 15.9 Å². The lowest BCUT2D eigenvalue weighted by Crippen LogP contribution is -2.19. The number of rotatable bonds is 5. The van der Waals surface area contributed by atoms with Crippen molar-refractivity contribution in [2.45, 2.75) is 26.8 Å². The van der Waals surface area contributed by atoms with Crippen LogP contribution in [-0.4, -0.2) is 6.54 Å². The lowest BCUT2D eigenvalue weighted by molar-refractivity contribution is 0.448. The highest BCUT2D eigenvalue weighted by Crippen LogP contribution is 2.33. The van der Waals surface area contributed by atoms with Crippen molar-refractivity contribution in [2.75, 3.05) is 6.54 Å². The molecule has 2 aromatic carbocycles. The molecule has 2 rings (SSSR count). The summed E-state index contributed by atoms with van der Waals surface area (Å²) in [5, 5.41) is 3.22. The molecule has 0 bridgehead atoms. The lowest BCUT2D eigenvalue weighted by atomic mass is 10.1. The number of benzene rings is 2. The topological polar surface area (TPSA) is 21.3 Å². The van der Waals surface area contributed by atoms with Crippen LogP contribution in [0.2, 0.25) is 0 Å². The highest BCUT2D eigenvalue weighted by atomic mass is 79.9. The molecule has 1 N–H and O–H groups in total. The number of hydrogen-bond donors (Lipinski definition) is 1. The van der Waals surface area contributed by atoms with E-state index in [1.54, 1.807) is 12.1 Å². The second kappa shape index (κ2) is 7.05. The maximum atomic E-state index is 14.1. The van der Waals surface area contributed by atoms with Gasteiger partial charge in [0.2, 0.25) is 0 Å². The number of nitrogens with one attached hydrogen (secondary N) is 1. The summed E-state index contributed by atoms with van der Waals surface area (Å²) in [7, 11) is 0. The summed E-state index contributed by atoms with van der Waals surface area (Å²) >= 11 is 3.46. The molecule has 0 aliphatic rings. The van der Waals surface area contributed by atoms with E-state index in [4.69, 9.17) is 4.74 Å². The van der Waals surface area contributed by atoms with E-state index in [0.29, 0.717) is 17.1 Å². The molecular weight excluding hydrogens is 333 g/mol. The molecule has 21 heavy (non-hydrogen) atoms. The van der Waals surface area contributed by atoms with Gasteiger partial charge in [0.1, 0.15) is 17.3 Å². The minimum absolute atomic E-state index is 0.109. The van der Waals surface area contributed by atoms with E-state index < -0.39 is 0 Å². The van der Waals surface area contributed by atoms with Gasteiger partial charge in [0.15, 0.2) is 0 Å². The molecule has 0 aliphatic heterocycles. The maximum Gasteiger partial charge on any atom is 0.135 e. The van der Waals surface area contributed by atoms with Crippen LogP contribution in [0, 0.1) is 12.7 Å². The summed E-state index contributed by atoms with van der Waals surface area (Å²) in [5.74, 6) is 0.992. The third kappa shape index (κ3) is 3.83. The van der Waals surface area contributed by atoms with Crippen molar-refractivity contribution >= 4 is 15.9 Å². The van der Waals surface area contributed by atoms with Crippen LogP contribution in [0.25, 0.3) is 0 Å². The van der Waals surface area contributed by atoms with Crippen LogP contribution in [-0.2, 0) is 0 Å². The second-order valence-electron chi connectivity index (χ2n) is 4.94. The SMILES string of the molecule is CCNC(C)c1c(F)cccc1Oc1ccc(Br)c(C)c1. The van der Waals surface area contributed by atoms with E-state index in [9.17, 15) is 4.39 Å². The predicted molar refractivity (Wildman–Crippen MR) is 87.4 cm³/mol. The molecule has 0 radical (unpaired) electrons. The molecule has 1 unspecified atom stereocenters. The van der Waals surface area contributed by atoms with Gasteiger partial charge in [0.05, 0.1) is 0 Å². The summed E-state index contributed by atoms with van der Waals surface area (Å²) < 4.78 is 21.1. The molecule has 0 heterocycles. The molecule has 112 valence electrons. The number of hydrogen-bond acceptors (Lipinski definition) is 2. The highest BCUT2D eigenvalue weighted by Gasteiger charge is 2.16. The Hall–Kier alpha value is -1.39. The van der Waals surface area contributed by atoms with Crippen molar-refractivity contribution in [3.8, 4) is 11.5 Å². The third-order valence-electron chi connectivity index (χ3n) is 3.31. The summed E-state index contributed by atoms with van der Waals surface area (Å²) in [5.41, 5.74) is 1.63. The molecule has 2 aromatic rings. The summed E-state index contributed by atoms with van der Waals surface area (Å²) in [6, 6.07) is 10.5. The van der Waals surface area contributed by atoms with Gasteiger partial charge in [-0.05, 0) is 56.3 Å². The summed E-state index contributed by atoms with van der Waals surface area (Å²) in [6.07, 6.45) is 0. The first kappa shape index (κ1) is 16.0. The Labute approximate surface area is 133 Å². The zero-order valence-corrected chi connectivity index (χ0v) is 14.0. The average Bonchev–Trinajstić information content (AvgIpc) is 2.43. The molecule has 0 spiro atoms. The maximum absolute atomic E-state index is 14.1. The zero-order valence-electron chi connectivity index (χ0n) is 12.4. The van der Waals surface area contributed by atoms with Gasteiger partial charge in [-0.25, -0.2) is 4.39 Å². The monoisotopic (exact) mass is 351 g/mol. The quantitative estimate of drug-likeness (QED) is 0.782. The Kier molecular flexibility index (Phi) is 5.37. The van der Waals surface area contributed by atoms with Crippen LogP contribution in [0.5, 0.6) is 11.5 Å². The zero-order chi connectivity index (χ0) is 15.4. The largest absolute Gasteiger partial charge is 0.457 e. The van der Waals surface area contributed by atoms with Gasteiger partial charge in [-0.1, -0.05) is 28.9 Å². The van der Waals surface area contributed by atoms with E-state index >= 15 is 0 Å².